The van der Waals surface area contributed by atoms with Crippen molar-refractivity contribution < 1.29 is 4.79 Å². The number of amides is 1. The number of benzene rings is 2. The molecule has 5 nitrogen and oxygen atoms in total. The summed E-state index contributed by atoms with van der Waals surface area (Å²) in [6.07, 6.45) is 4.78. The second kappa shape index (κ2) is 9.43. The first-order valence-electron chi connectivity index (χ1n) is 11.5. The van der Waals surface area contributed by atoms with Crippen molar-refractivity contribution in [1.29, 1.82) is 0 Å². The van der Waals surface area contributed by atoms with Crippen LogP contribution in [0, 0.1) is 18.8 Å². The highest BCUT2D eigenvalue weighted by molar-refractivity contribution is 7.13. The zero-order valence-corrected chi connectivity index (χ0v) is 19.4. The molecule has 2 heterocycles. The number of aryl methyl sites for hydroxylation is 1. The van der Waals surface area contributed by atoms with E-state index in [2.05, 4.69) is 52.4 Å². The van der Waals surface area contributed by atoms with Crippen LogP contribution in [0.5, 0.6) is 0 Å². The average molecular weight is 447 g/mol. The van der Waals surface area contributed by atoms with Crippen LogP contribution in [0.2, 0.25) is 0 Å². The van der Waals surface area contributed by atoms with Crippen molar-refractivity contribution >= 4 is 39.4 Å². The van der Waals surface area contributed by atoms with Gasteiger partial charge in [-0.1, -0.05) is 36.4 Å². The van der Waals surface area contributed by atoms with E-state index < -0.39 is 0 Å². The fourth-order valence-electron chi connectivity index (χ4n) is 4.59. The van der Waals surface area contributed by atoms with E-state index >= 15 is 0 Å². The molecule has 2 aromatic carbocycles. The lowest BCUT2D eigenvalue weighted by Gasteiger charge is -2.35. The summed E-state index contributed by atoms with van der Waals surface area (Å²) in [6.45, 7) is 8.22. The number of aromatic nitrogens is 1. The maximum atomic E-state index is 12.2. The van der Waals surface area contributed by atoms with Gasteiger partial charge in [-0.05, 0) is 66.0 Å². The Morgan fingerprint density at radius 1 is 1.09 bits per heavy atom. The second-order valence-electron chi connectivity index (χ2n) is 8.98. The van der Waals surface area contributed by atoms with Gasteiger partial charge in [0.05, 0.1) is 4.70 Å². The standard InChI is InChI=1S/C26H30N4OS/c1-19-6-2-3-7-20(19)10-11-25(31)27-17-21-16-22(21)18-29-12-14-30(15-13-29)26-23-8-4-5-9-24(23)32-28-26/h2-11,21-22H,12-18H2,1H3,(H,27,31)/b11-10+/t21-,22-/m1/s1. The van der Waals surface area contributed by atoms with Crippen LogP contribution < -0.4 is 10.2 Å². The quantitative estimate of drug-likeness (QED) is 0.553. The van der Waals surface area contributed by atoms with E-state index in [0.29, 0.717) is 11.8 Å². The summed E-state index contributed by atoms with van der Waals surface area (Å²) in [5.74, 6) is 2.48. The molecule has 1 amide bonds. The molecule has 166 valence electrons. The molecule has 1 N–H and O–H groups in total. The number of carbonyl (C=O) groups excluding carboxylic acids is 1. The van der Waals surface area contributed by atoms with Crippen molar-refractivity contribution in [3.05, 3.63) is 65.7 Å². The predicted octanol–water partition coefficient (Wildman–Crippen LogP) is 4.19. The smallest absolute Gasteiger partial charge is 0.244 e. The Morgan fingerprint density at radius 3 is 2.72 bits per heavy atom. The van der Waals surface area contributed by atoms with Crippen LogP contribution in [0.1, 0.15) is 17.5 Å². The zero-order chi connectivity index (χ0) is 21.9. The number of carbonyl (C=O) groups is 1. The minimum atomic E-state index is 0.00278. The normalized spacial score (nSPS) is 21.3. The van der Waals surface area contributed by atoms with Gasteiger partial charge < -0.3 is 10.2 Å². The van der Waals surface area contributed by atoms with E-state index in [1.807, 2.05) is 24.3 Å². The monoisotopic (exact) mass is 446 g/mol. The fourth-order valence-corrected chi connectivity index (χ4v) is 5.38. The summed E-state index contributed by atoms with van der Waals surface area (Å²) in [5.41, 5.74) is 2.28. The van der Waals surface area contributed by atoms with Crippen molar-refractivity contribution in [3.63, 3.8) is 0 Å². The molecule has 0 bridgehead atoms. The predicted molar refractivity (Wildman–Crippen MR) is 133 cm³/mol. The van der Waals surface area contributed by atoms with Crippen LogP contribution in [0.3, 0.4) is 0 Å². The molecule has 1 aliphatic carbocycles. The molecule has 3 aromatic rings. The molecule has 2 fully saturated rings. The number of fused-ring (bicyclic) bond motifs is 1. The number of hydrogen-bond acceptors (Lipinski definition) is 5. The van der Waals surface area contributed by atoms with Gasteiger partial charge >= 0.3 is 0 Å². The third kappa shape index (κ3) is 4.87. The highest BCUT2D eigenvalue weighted by Crippen LogP contribution is 2.39. The van der Waals surface area contributed by atoms with Gasteiger partial charge in [-0.25, -0.2) is 0 Å². The maximum absolute atomic E-state index is 12.2. The van der Waals surface area contributed by atoms with E-state index in [-0.39, 0.29) is 5.91 Å². The van der Waals surface area contributed by atoms with Crippen molar-refractivity contribution in [1.82, 2.24) is 14.6 Å². The topological polar surface area (TPSA) is 48.5 Å². The lowest BCUT2D eigenvalue weighted by Crippen LogP contribution is -2.47. The van der Waals surface area contributed by atoms with E-state index in [0.717, 1.165) is 50.6 Å². The molecular weight excluding hydrogens is 416 g/mol. The van der Waals surface area contributed by atoms with Gasteiger partial charge in [0.1, 0.15) is 5.82 Å². The first kappa shape index (κ1) is 21.2. The number of nitrogens with one attached hydrogen (secondary N) is 1. The molecule has 1 aromatic heterocycles. The summed E-state index contributed by atoms with van der Waals surface area (Å²) >= 11 is 1.60. The second-order valence-corrected chi connectivity index (χ2v) is 9.79. The first-order chi connectivity index (χ1) is 15.7. The minimum absolute atomic E-state index is 0.00278. The summed E-state index contributed by atoms with van der Waals surface area (Å²) in [6, 6.07) is 16.6. The third-order valence-corrected chi connectivity index (χ3v) is 7.55. The number of piperazine rings is 1. The SMILES string of the molecule is Cc1ccccc1/C=C/C(=O)NC[C@H]1C[C@@H]1CN1CCN(c2nsc3ccccc23)CC1. The summed E-state index contributed by atoms with van der Waals surface area (Å²) in [5, 5.41) is 4.36. The van der Waals surface area contributed by atoms with Crippen LogP contribution in [0.15, 0.2) is 54.6 Å². The van der Waals surface area contributed by atoms with Gasteiger partial charge in [-0.15, -0.1) is 0 Å². The summed E-state index contributed by atoms with van der Waals surface area (Å²) in [7, 11) is 0. The molecule has 0 spiro atoms. The molecule has 1 saturated heterocycles. The van der Waals surface area contributed by atoms with Crippen molar-refractivity contribution in [2.24, 2.45) is 11.8 Å². The van der Waals surface area contributed by atoms with Crippen LogP contribution in [-0.2, 0) is 4.79 Å². The van der Waals surface area contributed by atoms with E-state index in [1.165, 1.54) is 22.1 Å². The van der Waals surface area contributed by atoms with Gasteiger partial charge in [-0.3, -0.25) is 9.69 Å². The lowest BCUT2D eigenvalue weighted by atomic mass is 10.1. The summed E-state index contributed by atoms with van der Waals surface area (Å²) < 4.78 is 5.98. The van der Waals surface area contributed by atoms with Gasteiger partial charge in [0.25, 0.3) is 0 Å². The molecule has 6 heteroatoms. The highest BCUT2D eigenvalue weighted by Gasteiger charge is 2.38. The fraction of sp³-hybridized carbons (Fsp3) is 0.385. The van der Waals surface area contributed by atoms with E-state index in [9.17, 15) is 4.79 Å². The highest BCUT2D eigenvalue weighted by atomic mass is 32.1. The van der Waals surface area contributed by atoms with Gasteiger partial charge in [0.15, 0.2) is 0 Å². The van der Waals surface area contributed by atoms with Crippen LogP contribution in [0.25, 0.3) is 16.2 Å². The van der Waals surface area contributed by atoms with Gasteiger partial charge in [0, 0.05) is 50.7 Å². The Kier molecular flexibility index (Phi) is 6.23. The minimum Gasteiger partial charge on any atom is -0.353 e. The van der Waals surface area contributed by atoms with Crippen molar-refractivity contribution in [2.75, 3.05) is 44.2 Å². The zero-order valence-electron chi connectivity index (χ0n) is 18.5. The molecule has 32 heavy (non-hydrogen) atoms. The van der Waals surface area contributed by atoms with Crippen LogP contribution in [0.4, 0.5) is 5.82 Å². The molecular formula is C26H30N4OS. The van der Waals surface area contributed by atoms with Crippen molar-refractivity contribution in [3.8, 4) is 0 Å². The molecule has 0 radical (unpaired) electrons. The number of hydrogen-bond donors (Lipinski definition) is 1. The van der Waals surface area contributed by atoms with Crippen molar-refractivity contribution in [2.45, 2.75) is 13.3 Å². The van der Waals surface area contributed by atoms with Gasteiger partial charge in [0.2, 0.25) is 5.91 Å². The Bertz CT molecular complexity index is 1120. The number of anilines is 1. The Morgan fingerprint density at radius 2 is 1.88 bits per heavy atom. The molecule has 2 aliphatic rings. The largest absolute Gasteiger partial charge is 0.353 e. The molecule has 2 atom stereocenters. The average Bonchev–Trinajstić information content (AvgIpc) is 3.41. The Labute approximate surface area is 193 Å². The third-order valence-electron chi connectivity index (χ3n) is 6.73. The Hall–Kier alpha value is -2.70. The van der Waals surface area contributed by atoms with E-state index in [4.69, 9.17) is 4.37 Å². The molecule has 1 aliphatic heterocycles. The molecule has 0 unspecified atom stereocenters. The number of nitrogens with zero attached hydrogens (tertiary/aromatic N) is 3. The summed E-state index contributed by atoms with van der Waals surface area (Å²) in [4.78, 5) is 17.2. The lowest BCUT2D eigenvalue weighted by molar-refractivity contribution is -0.116. The molecule has 1 saturated carbocycles. The Balaban J connectivity index is 1.04. The molecule has 5 rings (SSSR count). The van der Waals surface area contributed by atoms with E-state index in [1.54, 1.807) is 17.6 Å². The van der Waals surface area contributed by atoms with Gasteiger partial charge in [-0.2, -0.15) is 4.37 Å². The first-order valence-corrected chi connectivity index (χ1v) is 12.3. The van der Waals surface area contributed by atoms with Crippen LogP contribution >= 0.6 is 11.5 Å². The van der Waals surface area contributed by atoms with Crippen LogP contribution in [-0.4, -0.2) is 54.4 Å². The maximum Gasteiger partial charge on any atom is 0.244 e. The number of rotatable bonds is 7.